The van der Waals surface area contributed by atoms with Crippen LogP contribution in [0.4, 0.5) is 8.78 Å². The lowest BCUT2D eigenvalue weighted by molar-refractivity contribution is -0.122. The van der Waals surface area contributed by atoms with E-state index in [2.05, 4.69) is 16.7 Å². The highest BCUT2D eigenvalue weighted by Crippen LogP contribution is 2.33. The first kappa shape index (κ1) is 18.6. The Morgan fingerprint density at radius 2 is 2.00 bits per heavy atom. The number of likely N-dealkylation sites (tertiary alicyclic amines) is 1. The second-order valence-electron chi connectivity index (χ2n) is 6.41. The van der Waals surface area contributed by atoms with Crippen LogP contribution in [0.3, 0.4) is 0 Å². The van der Waals surface area contributed by atoms with Gasteiger partial charge < -0.3 is 14.4 Å². The van der Waals surface area contributed by atoms with Gasteiger partial charge in [0.25, 0.3) is 0 Å². The van der Waals surface area contributed by atoms with Crippen molar-refractivity contribution in [2.24, 2.45) is 5.92 Å². The number of rotatable bonds is 3. The number of methoxy groups -OCH3 is 1. The minimum absolute atomic E-state index is 0.0584. The Bertz CT molecular complexity index is 565. The fraction of sp³-hybridized carbons (Fsp3) is 0.611. The molecule has 2 atom stereocenters. The van der Waals surface area contributed by atoms with Crippen LogP contribution in [0.5, 0.6) is 11.5 Å². The molecule has 0 amide bonds. The van der Waals surface area contributed by atoms with Crippen molar-refractivity contribution in [2.75, 3.05) is 20.7 Å². The number of ether oxygens (including phenoxy) is 2. The molecule has 0 spiro atoms. The van der Waals surface area contributed by atoms with Gasteiger partial charge in [-0.15, -0.1) is 0 Å². The Kier molecular flexibility index (Phi) is 6.54. The average molecular weight is 341 g/mol. The van der Waals surface area contributed by atoms with Gasteiger partial charge in [-0.2, -0.15) is 8.78 Å². The van der Waals surface area contributed by atoms with Crippen LogP contribution in [0.25, 0.3) is 0 Å². The Morgan fingerprint density at radius 1 is 1.25 bits per heavy atom. The number of carbonyl (C=O) groups excluding carboxylic acids is 1. The Morgan fingerprint density at radius 3 is 2.67 bits per heavy atom. The van der Waals surface area contributed by atoms with Gasteiger partial charge in [-0.3, -0.25) is 4.79 Å². The van der Waals surface area contributed by atoms with Crippen molar-refractivity contribution in [3.8, 4) is 11.5 Å². The summed E-state index contributed by atoms with van der Waals surface area (Å²) in [5.74, 6) is 1.68. The van der Waals surface area contributed by atoms with Crippen LogP contribution in [0.2, 0.25) is 0 Å². The molecule has 6 heteroatoms. The van der Waals surface area contributed by atoms with Crippen LogP contribution in [0, 0.1) is 12.8 Å². The fourth-order valence-electron chi connectivity index (χ4n) is 3.40. The van der Waals surface area contributed by atoms with Crippen LogP contribution < -0.4 is 9.47 Å². The number of benzene rings is 1. The second kappa shape index (κ2) is 8.42. The topological polar surface area (TPSA) is 38.8 Å². The van der Waals surface area contributed by atoms with Crippen molar-refractivity contribution < 1.29 is 23.0 Å². The molecular weight excluding hydrogens is 316 g/mol. The highest BCUT2D eigenvalue weighted by Gasteiger charge is 2.36. The summed E-state index contributed by atoms with van der Waals surface area (Å²) in [6.07, 6.45) is 4.12. The molecule has 2 aliphatic rings. The van der Waals surface area contributed by atoms with Crippen molar-refractivity contribution in [1.82, 2.24) is 4.90 Å². The summed E-state index contributed by atoms with van der Waals surface area (Å²) in [6, 6.07) is 5.37. The maximum atomic E-state index is 11.9. The monoisotopic (exact) mass is 341 g/mol. The standard InChI is InChI=1S/C9H10F2O2.C9H15NO/c1-6-3-4-7(13-9(10)11)8(5-6)12-2;1-10-5-4-7-2-3-8(11)6-9(7)10/h3-5,9H,1-2H3;7,9H,2-6H2,1H3. The Balaban J connectivity index is 0.000000175. The molecule has 0 aromatic heterocycles. The summed E-state index contributed by atoms with van der Waals surface area (Å²) < 4.78 is 32.8. The van der Waals surface area contributed by atoms with Gasteiger partial charge >= 0.3 is 6.61 Å². The lowest BCUT2D eigenvalue weighted by atomic mass is 9.84. The van der Waals surface area contributed by atoms with Crippen molar-refractivity contribution in [3.63, 3.8) is 0 Å². The third kappa shape index (κ3) is 4.90. The highest BCUT2D eigenvalue weighted by molar-refractivity contribution is 5.80. The number of alkyl halides is 2. The Hall–Kier alpha value is -1.69. The summed E-state index contributed by atoms with van der Waals surface area (Å²) >= 11 is 0. The van der Waals surface area contributed by atoms with Gasteiger partial charge in [0.1, 0.15) is 5.78 Å². The van der Waals surface area contributed by atoms with E-state index in [1.165, 1.54) is 26.1 Å². The van der Waals surface area contributed by atoms with E-state index in [-0.39, 0.29) is 5.75 Å². The number of fused-ring (bicyclic) bond motifs is 1. The third-order valence-electron chi connectivity index (χ3n) is 4.73. The number of hydrogen-bond donors (Lipinski definition) is 0. The molecule has 134 valence electrons. The lowest BCUT2D eigenvalue weighted by Crippen LogP contribution is -2.35. The number of hydrogen-bond acceptors (Lipinski definition) is 4. The predicted molar refractivity (Wildman–Crippen MR) is 87.7 cm³/mol. The first-order valence-electron chi connectivity index (χ1n) is 8.22. The summed E-state index contributed by atoms with van der Waals surface area (Å²) in [7, 11) is 3.55. The molecule has 1 aliphatic heterocycles. The molecule has 0 bridgehead atoms. The number of Topliss-reactive ketones (excluding diaryl/α,β-unsaturated/α-hetero) is 1. The van der Waals surface area contributed by atoms with Crippen molar-refractivity contribution in [3.05, 3.63) is 23.8 Å². The van der Waals surface area contributed by atoms with E-state index in [9.17, 15) is 13.6 Å². The first-order chi connectivity index (χ1) is 11.4. The smallest absolute Gasteiger partial charge is 0.387 e. The van der Waals surface area contributed by atoms with E-state index in [4.69, 9.17) is 4.74 Å². The first-order valence-corrected chi connectivity index (χ1v) is 8.22. The lowest BCUT2D eigenvalue weighted by Gasteiger charge is -2.28. The maximum absolute atomic E-state index is 11.9. The van der Waals surface area contributed by atoms with Crippen molar-refractivity contribution in [2.45, 2.75) is 45.3 Å². The van der Waals surface area contributed by atoms with E-state index in [0.717, 1.165) is 30.7 Å². The molecule has 2 fully saturated rings. The molecule has 3 rings (SSSR count). The van der Waals surface area contributed by atoms with Crippen LogP contribution in [-0.2, 0) is 4.79 Å². The van der Waals surface area contributed by atoms with Gasteiger partial charge in [0, 0.05) is 18.9 Å². The van der Waals surface area contributed by atoms with E-state index in [0.29, 0.717) is 17.6 Å². The van der Waals surface area contributed by atoms with Crippen LogP contribution >= 0.6 is 0 Å². The normalized spacial score (nSPS) is 23.5. The molecular formula is C18H25F2NO3. The molecule has 1 saturated carbocycles. The zero-order valence-electron chi connectivity index (χ0n) is 14.4. The van der Waals surface area contributed by atoms with Crippen molar-refractivity contribution in [1.29, 1.82) is 0 Å². The van der Waals surface area contributed by atoms with Gasteiger partial charge in [0.15, 0.2) is 11.5 Å². The number of ketones is 1. The van der Waals surface area contributed by atoms with E-state index >= 15 is 0 Å². The van der Waals surface area contributed by atoms with Crippen LogP contribution in [-0.4, -0.2) is 44.0 Å². The zero-order valence-corrected chi connectivity index (χ0v) is 14.4. The molecule has 1 aromatic carbocycles. The fourth-order valence-corrected chi connectivity index (χ4v) is 3.40. The molecule has 1 heterocycles. The molecule has 1 aliphatic carbocycles. The summed E-state index contributed by atoms with van der Waals surface area (Å²) in [6.45, 7) is 0.216. The maximum Gasteiger partial charge on any atom is 0.387 e. The number of halogens is 2. The quantitative estimate of drug-likeness (QED) is 0.841. The third-order valence-corrected chi connectivity index (χ3v) is 4.73. The molecule has 0 N–H and O–H groups in total. The second-order valence-corrected chi connectivity index (χ2v) is 6.41. The number of nitrogens with zero attached hydrogens (tertiary/aromatic N) is 1. The minimum Gasteiger partial charge on any atom is -0.493 e. The van der Waals surface area contributed by atoms with Gasteiger partial charge in [-0.1, -0.05) is 6.07 Å². The molecule has 1 aromatic rings. The largest absolute Gasteiger partial charge is 0.493 e. The summed E-state index contributed by atoms with van der Waals surface area (Å²) in [4.78, 5) is 13.5. The van der Waals surface area contributed by atoms with Gasteiger partial charge in [0.2, 0.25) is 0 Å². The number of aryl methyl sites for hydroxylation is 1. The summed E-state index contributed by atoms with van der Waals surface area (Å²) in [5.41, 5.74) is 0.929. The van der Waals surface area contributed by atoms with Gasteiger partial charge in [0.05, 0.1) is 7.11 Å². The van der Waals surface area contributed by atoms with E-state index in [1.807, 2.05) is 6.92 Å². The van der Waals surface area contributed by atoms with Gasteiger partial charge in [-0.05, 0) is 57.0 Å². The highest BCUT2D eigenvalue weighted by atomic mass is 19.3. The molecule has 4 nitrogen and oxygen atoms in total. The molecule has 0 radical (unpaired) electrons. The van der Waals surface area contributed by atoms with Crippen LogP contribution in [0.15, 0.2) is 18.2 Å². The van der Waals surface area contributed by atoms with Crippen molar-refractivity contribution >= 4 is 5.78 Å². The van der Waals surface area contributed by atoms with E-state index < -0.39 is 6.61 Å². The zero-order chi connectivity index (χ0) is 17.7. The van der Waals surface area contributed by atoms with Crippen LogP contribution in [0.1, 0.15) is 31.2 Å². The Labute approximate surface area is 141 Å². The van der Waals surface area contributed by atoms with Gasteiger partial charge in [-0.25, -0.2) is 0 Å². The molecule has 2 unspecified atom stereocenters. The summed E-state index contributed by atoms with van der Waals surface area (Å²) in [5, 5.41) is 0. The SMILES string of the molecule is CN1CCC2CCC(=O)CC21.COc1cc(C)ccc1OC(F)F. The minimum atomic E-state index is -2.82. The van der Waals surface area contributed by atoms with E-state index in [1.54, 1.807) is 12.1 Å². The number of carbonyl (C=O) groups is 1. The molecule has 1 saturated heterocycles. The average Bonchev–Trinajstić information content (AvgIpc) is 2.90. The molecule has 24 heavy (non-hydrogen) atoms. The predicted octanol–water partition coefficient (Wildman–Crippen LogP) is 3.66.